The first-order valence-electron chi connectivity index (χ1n) is 14.1. The number of likely N-dealkylation sites (tertiary alicyclic amines) is 1. The quantitative estimate of drug-likeness (QED) is 0.384. The van der Waals surface area contributed by atoms with Crippen molar-refractivity contribution in [3.8, 4) is 0 Å². The number of benzene rings is 2. The van der Waals surface area contributed by atoms with Gasteiger partial charge >= 0.3 is 6.09 Å². The van der Waals surface area contributed by atoms with E-state index in [9.17, 15) is 18.0 Å². The zero-order valence-corrected chi connectivity index (χ0v) is 24.8. The van der Waals surface area contributed by atoms with E-state index in [2.05, 4.69) is 17.9 Å². The monoisotopic (exact) mass is 565 g/mol. The Bertz CT molecular complexity index is 1550. The molecule has 1 N–H and O–H groups in total. The van der Waals surface area contributed by atoms with Crippen LogP contribution in [0.3, 0.4) is 0 Å². The third kappa shape index (κ3) is 5.95. The number of amides is 1. The molecule has 1 saturated heterocycles. The van der Waals surface area contributed by atoms with Crippen molar-refractivity contribution >= 4 is 32.9 Å². The molecule has 1 aliphatic carbocycles. The zero-order chi connectivity index (χ0) is 28.8. The fraction of sp³-hybridized carbons (Fsp3) is 0.484. The van der Waals surface area contributed by atoms with Gasteiger partial charge in [0.2, 0.25) is 5.91 Å². The van der Waals surface area contributed by atoms with Crippen LogP contribution in [0, 0.1) is 6.92 Å². The highest BCUT2D eigenvalue weighted by Gasteiger charge is 2.32. The maximum atomic E-state index is 13.1. The van der Waals surface area contributed by atoms with Gasteiger partial charge in [0.15, 0.2) is 0 Å². The molecule has 1 unspecified atom stereocenters. The molecule has 1 atom stereocenters. The van der Waals surface area contributed by atoms with Crippen LogP contribution in [0.4, 0.5) is 4.79 Å². The van der Waals surface area contributed by atoms with E-state index in [-0.39, 0.29) is 17.0 Å². The highest BCUT2D eigenvalue weighted by Crippen LogP contribution is 2.45. The lowest BCUT2D eigenvalue weighted by molar-refractivity contribution is -0.117. The number of fused-ring (bicyclic) bond motifs is 1. The first-order valence-corrected chi connectivity index (χ1v) is 15.6. The Morgan fingerprint density at radius 2 is 1.75 bits per heavy atom. The van der Waals surface area contributed by atoms with E-state index in [0.29, 0.717) is 5.92 Å². The summed E-state index contributed by atoms with van der Waals surface area (Å²) in [6, 6.07) is 11.3. The van der Waals surface area contributed by atoms with Gasteiger partial charge in [-0.1, -0.05) is 24.6 Å². The van der Waals surface area contributed by atoms with Crippen molar-refractivity contribution in [3.63, 3.8) is 0 Å². The summed E-state index contributed by atoms with van der Waals surface area (Å²) in [6.45, 7) is 10.6. The Balaban J connectivity index is 1.49. The minimum atomic E-state index is -3.88. The van der Waals surface area contributed by atoms with Crippen molar-refractivity contribution in [2.45, 2.75) is 95.7 Å². The summed E-state index contributed by atoms with van der Waals surface area (Å²) in [6.07, 6.45) is 6.98. The number of hydrogen-bond donors (Lipinski definition) is 1. The first-order chi connectivity index (χ1) is 18.8. The van der Waals surface area contributed by atoms with Crippen LogP contribution in [-0.2, 0) is 26.1 Å². The number of hydrogen-bond acceptors (Lipinski definition) is 6. The lowest BCUT2D eigenvalue weighted by Crippen LogP contribution is -2.33. The molecule has 2 aromatic carbocycles. The molecule has 0 spiro atoms. The summed E-state index contributed by atoms with van der Waals surface area (Å²) in [5.41, 5.74) is 5.08. The summed E-state index contributed by atoms with van der Waals surface area (Å²) < 4.78 is 34.3. The van der Waals surface area contributed by atoms with Crippen LogP contribution in [0.2, 0.25) is 0 Å². The van der Waals surface area contributed by atoms with Gasteiger partial charge in [0.1, 0.15) is 5.60 Å². The Morgan fingerprint density at radius 3 is 2.38 bits per heavy atom. The van der Waals surface area contributed by atoms with E-state index in [1.807, 2.05) is 49.9 Å². The first kappa shape index (κ1) is 28.4. The number of aryl methyl sites for hydroxylation is 1. The molecule has 1 saturated carbocycles. The molecule has 8 nitrogen and oxygen atoms in total. The Labute approximate surface area is 236 Å². The highest BCUT2D eigenvalue weighted by molar-refractivity contribution is 7.90. The molecule has 40 heavy (non-hydrogen) atoms. The van der Waals surface area contributed by atoms with E-state index in [0.717, 1.165) is 54.4 Å². The number of nitrogens with zero attached hydrogens (tertiary/aromatic N) is 2. The fourth-order valence-corrected chi connectivity index (χ4v) is 6.89. The predicted octanol–water partition coefficient (Wildman–Crippen LogP) is 6.16. The Kier molecular flexibility index (Phi) is 7.56. The highest BCUT2D eigenvalue weighted by atomic mass is 32.2. The minimum absolute atomic E-state index is 0.0774. The van der Waals surface area contributed by atoms with Crippen LogP contribution in [0.5, 0.6) is 0 Å². The van der Waals surface area contributed by atoms with E-state index in [4.69, 9.17) is 4.74 Å². The second-order valence-corrected chi connectivity index (χ2v) is 13.9. The fourth-order valence-electron chi connectivity index (χ4n) is 5.90. The topological polar surface area (TPSA) is 97.7 Å². The molecule has 5 rings (SSSR count). The summed E-state index contributed by atoms with van der Waals surface area (Å²) in [5, 5.41) is 1.09. The van der Waals surface area contributed by atoms with Crippen LogP contribution >= 0.6 is 0 Å². The van der Waals surface area contributed by atoms with Gasteiger partial charge in [0.05, 0.1) is 10.4 Å². The van der Waals surface area contributed by atoms with E-state index >= 15 is 0 Å². The summed E-state index contributed by atoms with van der Waals surface area (Å²) >= 11 is 0. The van der Waals surface area contributed by atoms with Gasteiger partial charge in [-0.15, -0.1) is 0 Å². The molecule has 2 fully saturated rings. The zero-order valence-electron chi connectivity index (χ0n) is 24.0. The minimum Gasteiger partial charge on any atom is -0.443 e. The van der Waals surface area contributed by atoms with E-state index in [1.165, 1.54) is 30.9 Å². The van der Waals surface area contributed by atoms with E-state index in [1.54, 1.807) is 16.7 Å². The number of sulfonamides is 1. The van der Waals surface area contributed by atoms with Gasteiger partial charge in [-0.3, -0.25) is 14.3 Å². The van der Waals surface area contributed by atoms with E-state index < -0.39 is 21.5 Å². The van der Waals surface area contributed by atoms with Crippen molar-refractivity contribution in [3.05, 3.63) is 64.8 Å². The number of nitrogens with one attached hydrogen (secondary N) is 1. The SMILES string of the molecule is CC(=O)NS(=O)(=O)c1ccc(C2CCCCN2Cc2c(C3CC3)cc(C)c3c2ccn3C(=O)OC(C)(C)C)cc1. The molecule has 9 heteroatoms. The molecule has 0 radical (unpaired) electrons. The molecular weight excluding hydrogens is 526 g/mol. The second kappa shape index (κ2) is 10.7. The average Bonchev–Trinajstić information content (AvgIpc) is 3.61. The summed E-state index contributed by atoms with van der Waals surface area (Å²) in [4.78, 5) is 27.0. The van der Waals surface area contributed by atoms with Crippen molar-refractivity contribution in [1.29, 1.82) is 0 Å². The summed E-state index contributed by atoms with van der Waals surface area (Å²) in [7, 11) is -3.88. The average molecular weight is 566 g/mol. The maximum absolute atomic E-state index is 13.1. The number of carbonyl (C=O) groups excluding carboxylic acids is 2. The maximum Gasteiger partial charge on any atom is 0.418 e. The lowest BCUT2D eigenvalue weighted by atomic mass is 9.92. The van der Waals surface area contributed by atoms with Crippen LogP contribution in [0.25, 0.3) is 10.9 Å². The predicted molar refractivity (Wildman–Crippen MR) is 155 cm³/mol. The van der Waals surface area contributed by atoms with Gasteiger partial charge in [0.25, 0.3) is 10.0 Å². The normalized spacial score (nSPS) is 18.6. The molecule has 214 valence electrons. The lowest BCUT2D eigenvalue weighted by Gasteiger charge is -2.37. The molecule has 1 amide bonds. The Morgan fingerprint density at radius 1 is 1.05 bits per heavy atom. The molecule has 2 heterocycles. The number of ether oxygens (including phenoxy) is 1. The molecule has 2 aliphatic rings. The molecule has 1 aromatic heterocycles. The molecule has 3 aromatic rings. The molecular formula is C31H39N3O5S. The van der Waals surface area contributed by atoms with Crippen molar-refractivity contribution in [1.82, 2.24) is 14.2 Å². The van der Waals surface area contributed by atoms with Crippen molar-refractivity contribution < 1.29 is 22.7 Å². The Hall–Kier alpha value is -3.17. The number of piperidine rings is 1. The van der Waals surface area contributed by atoms with Gasteiger partial charge in [-0.2, -0.15) is 0 Å². The number of rotatable bonds is 6. The summed E-state index contributed by atoms with van der Waals surface area (Å²) in [5.74, 6) is -0.0663. The molecule has 0 bridgehead atoms. The van der Waals surface area contributed by atoms with Gasteiger partial charge in [-0.05, 0) is 106 Å². The van der Waals surface area contributed by atoms with Crippen LogP contribution in [0.15, 0.2) is 47.5 Å². The molecule has 1 aliphatic heterocycles. The van der Waals surface area contributed by atoms with Crippen LogP contribution < -0.4 is 4.72 Å². The largest absolute Gasteiger partial charge is 0.443 e. The van der Waals surface area contributed by atoms with Gasteiger partial charge in [0, 0.05) is 31.1 Å². The number of aromatic nitrogens is 1. The van der Waals surface area contributed by atoms with Gasteiger partial charge in [-0.25, -0.2) is 17.9 Å². The standard InChI is InChI=1S/C31H39N3O5S/c1-20-18-26(22-9-10-22)27(25-15-17-34(29(20)25)30(36)39-31(3,4)5)19-33-16-7-6-8-28(33)23-11-13-24(14-12-23)40(37,38)32-21(2)35/h11-15,17-18,22,28H,6-10,16,19H2,1-5H3,(H,32,35). The second-order valence-electron chi connectivity index (χ2n) is 12.2. The third-order valence-corrected chi connectivity index (χ3v) is 9.19. The van der Waals surface area contributed by atoms with Crippen molar-refractivity contribution in [2.24, 2.45) is 0 Å². The van der Waals surface area contributed by atoms with Gasteiger partial charge < -0.3 is 4.74 Å². The number of carbonyl (C=O) groups is 2. The smallest absolute Gasteiger partial charge is 0.418 e. The van der Waals surface area contributed by atoms with Crippen molar-refractivity contribution in [2.75, 3.05) is 6.54 Å². The van der Waals surface area contributed by atoms with Crippen LogP contribution in [-0.4, -0.2) is 42.0 Å². The third-order valence-electron chi connectivity index (χ3n) is 7.74. The van der Waals surface area contributed by atoms with Crippen LogP contribution in [0.1, 0.15) is 94.0 Å².